The smallest absolute Gasteiger partial charge is 0.131 e. The van der Waals surface area contributed by atoms with E-state index >= 15 is 0 Å². The molecule has 4 nitrogen and oxygen atoms in total. The summed E-state index contributed by atoms with van der Waals surface area (Å²) in [5.74, 6) is 3.32. The first-order chi connectivity index (χ1) is 17.4. The molecule has 5 rings (SSSR count). The van der Waals surface area contributed by atoms with Crippen molar-refractivity contribution in [2.24, 2.45) is 0 Å². The Labute approximate surface area is 213 Å². The number of ether oxygens (including phenoxy) is 2. The van der Waals surface area contributed by atoms with E-state index in [0.717, 1.165) is 60.1 Å². The summed E-state index contributed by atoms with van der Waals surface area (Å²) in [4.78, 5) is 0. The Hall–Kier alpha value is -3.92. The molecule has 4 N–H and O–H groups in total. The van der Waals surface area contributed by atoms with Crippen LogP contribution in [0, 0.1) is 13.8 Å². The molecule has 0 heterocycles. The fourth-order valence-electron chi connectivity index (χ4n) is 5.38. The van der Waals surface area contributed by atoms with Gasteiger partial charge in [-0.25, -0.2) is 0 Å². The van der Waals surface area contributed by atoms with Crippen molar-refractivity contribution in [3.63, 3.8) is 0 Å². The highest BCUT2D eigenvalue weighted by molar-refractivity contribution is 5.56. The fraction of sp³-hybridized carbons (Fsp3) is 0.250. The van der Waals surface area contributed by atoms with E-state index in [4.69, 9.17) is 20.9 Å². The van der Waals surface area contributed by atoms with E-state index in [2.05, 4.69) is 50.2 Å². The maximum Gasteiger partial charge on any atom is 0.131 e. The van der Waals surface area contributed by atoms with Crippen molar-refractivity contribution in [1.29, 1.82) is 0 Å². The van der Waals surface area contributed by atoms with Crippen LogP contribution in [0.3, 0.4) is 0 Å². The second-order valence-corrected chi connectivity index (χ2v) is 9.98. The SMILES string of the molecule is Cc1ccc(Oc2ccc(N)cc2)c(C2(c3cc(C)ccc3Oc3ccc(N)cc3)CCCCC2)c1. The van der Waals surface area contributed by atoms with Gasteiger partial charge in [-0.1, -0.05) is 54.7 Å². The molecule has 0 amide bonds. The molecule has 0 radical (unpaired) electrons. The lowest BCUT2D eigenvalue weighted by atomic mass is 9.64. The van der Waals surface area contributed by atoms with Crippen molar-refractivity contribution < 1.29 is 9.47 Å². The minimum Gasteiger partial charge on any atom is -0.457 e. The van der Waals surface area contributed by atoms with Gasteiger partial charge in [-0.05, 0) is 87.4 Å². The van der Waals surface area contributed by atoms with Crippen LogP contribution in [0.25, 0.3) is 0 Å². The molecule has 0 atom stereocenters. The normalized spacial score (nSPS) is 14.8. The zero-order valence-electron chi connectivity index (χ0n) is 21.1. The Morgan fingerprint density at radius 2 is 0.972 bits per heavy atom. The minimum absolute atomic E-state index is 0.220. The topological polar surface area (TPSA) is 70.5 Å². The van der Waals surface area contributed by atoms with Gasteiger partial charge in [0.05, 0.1) is 0 Å². The van der Waals surface area contributed by atoms with Crippen LogP contribution in [0.1, 0.15) is 54.4 Å². The van der Waals surface area contributed by atoms with Crippen LogP contribution in [0.5, 0.6) is 23.0 Å². The Bertz CT molecular complexity index is 1240. The van der Waals surface area contributed by atoms with Gasteiger partial charge in [0.1, 0.15) is 23.0 Å². The van der Waals surface area contributed by atoms with Crippen LogP contribution in [-0.4, -0.2) is 0 Å². The van der Waals surface area contributed by atoms with Gasteiger partial charge in [0.25, 0.3) is 0 Å². The van der Waals surface area contributed by atoms with Gasteiger partial charge < -0.3 is 20.9 Å². The predicted octanol–water partition coefficient (Wildman–Crippen LogP) is 8.30. The van der Waals surface area contributed by atoms with Crippen molar-refractivity contribution in [1.82, 2.24) is 0 Å². The predicted molar refractivity (Wildman–Crippen MR) is 148 cm³/mol. The molecule has 0 aliphatic heterocycles. The lowest BCUT2D eigenvalue weighted by Crippen LogP contribution is -2.31. The van der Waals surface area contributed by atoms with E-state index in [1.807, 2.05) is 48.5 Å². The van der Waals surface area contributed by atoms with Crippen LogP contribution in [0.2, 0.25) is 0 Å². The lowest BCUT2D eigenvalue weighted by molar-refractivity contribution is 0.324. The highest BCUT2D eigenvalue weighted by atomic mass is 16.5. The first-order valence-corrected chi connectivity index (χ1v) is 12.7. The van der Waals surface area contributed by atoms with Crippen LogP contribution < -0.4 is 20.9 Å². The first-order valence-electron chi connectivity index (χ1n) is 12.7. The van der Waals surface area contributed by atoms with Crippen LogP contribution in [0.15, 0.2) is 84.9 Å². The third-order valence-electron chi connectivity index (χ3n) is 7.22. The highest BCUT2D eigenvalue weighted by Crippen LogP contribution is 2.52. The summed E-state index contributed by atoms with van der Waals surface area (Å²) in [5.41, 5.74) is 17.9. The molecule has 4 aromatic carbocycles. The number of anilines is 2. The molecule has 0 unspecified atom stereocenters. The molecule has 1 aliphatic carbocycles. The summed E-state index contributed by atoms with van der Waals surface area (Å²) in [6.45, 7) is 4.30. The van der Waals surface area contributed by atoms with Crippen molar-refractivity contribution in [3.05, 3.63) is 107 Å². The number of nitrogen functional groups attached to an aromatic ring is 2. The second kappa shape index (κ2) is 9.98. The lowest BCUT2D eigenvalue weighted by Gasteiger charge is -2.40. The summed E-state index contributed by atoms with van der Waals surface area (Å²) in [7, 11) is 0. The molecule has 0 saturated heterocycles. The summed E-state index contributed by atoms with van der Waals surface area (Å²) in [6.07, 6.45) is 5.63. The molecule has 1 saturated carbocycles. The minimum atomic E-state index is -0.220. The maximum absolute atomic E-state index is 6.51. The Kier molecular flexibility index (Phi) is 6.60. The maximum atomic E-state index is 6.51. The molecule has 0 aromatic heterocycles. The standard InChI is InChI=1S/C32H34N2O2/c1-22-6-16-30(35-26-12-8-24(33)9-13-26)28(20-22)32(18-4-3-5-19-32)29-21-23(2)7-17-31(29)36-27-14-10-25(34)11-15-27/h6-17,20-21H,3-5,18-19,33-34H2,1-2H3. The van der Waals surface area contributed by atoms with Crippen molar-refractivity contribution in [2.45, 2.75) is 51.4 Å². The Morgan fingerprint density at radius 3 is 1.39 bits per heavy atom. The average Bonchev–Trinajstić information content (AvgIpc) is 2.89. The van der Waals surface area contributed by atoms with E-state index in [0.29, 0.717) is 0 Å². The quantitative estimate of drug-likeness (QED) is 0.273. The third kappa shape index (κ3) is 4.90. The summed E-state index contributed by atoms with van der Waals surface area (Å²) >= 11 is 0. The number of nitrogens with two attached hydrogens (primary N) is 2. The molecule has 36 heavy (non-hydrogen) atoms. The molecule has 1 fully saturated rings. The molecular weight excluding hydrogens is 444 g/mol. The van der Waals surface area contributed by atoms with Gasteiger partial charge in [0.15, 0.2) is 0 Å². The van der Waals surface area contributed by atoms with E-state index < -0.39 is 0 Å². The summed E-state index contributed by atoms with van der Waals surface area (Å²) in [6, 6.07) is 28.2. The average molecular weight is 479 g/mol. The van der Waals surface area contributed by atoms with E-state index in [1.165, 1.54) is 28.7 Å². The zero-order valence-corrected chi connectivity index (χ0v) is 21.1. The monoisotopic (exact) mass is 478 g/mol. The van der Waals surface area contributed by atoms with Gasteiger partial charge in [-0.2, -0.15) is 0 Å². The van der Waals surface area contributed by atoms with Crippen molar-refractivity contribution >= 4 is 11.4 Å². The summed E-state index contributed by atoms with van der Waals surface area (Å²) < 4.78 is 13.0. The largest absolute Gasteiger partial charge is 0.457 e. The molecule has 1 aliphatic rings. The molecule has 0 bridgehead atoms. The van der Waals surface area contributed by atoms with Gasteiger partial charge in [-0.3, -0.25) is 0 Å². The number of hydrogen-bond acceptors (Lipinski definition) is 4. The summed E-state index contributed by atoms with van der Waals surface area (Å²) in [5, 5.41) is 0. The Balaban J connectivity index is 1.65. The number of aryl methyl sites for hydroxylation is 2. The van der Waals surface area contributed by atoms with Crippen LogP contribution in [-0.2, 0) is 5.41 Å². The number of rotatable bonds is 6. The van der Waals surface area contributed by atoms with E-state index in [1.54, 1.807) is 0 Å². The van der Waals surface area contributed by atoms with Gasteiger partial charge in [0, 0.05) is 27.9 Å². The van der Waals surface area contributed by atoms with E-state index in [9.17, 15) is 0 Å². The first kappa shape index (κ1) is 23.8. The molecule has 0 spiro atoms. The third-order valence-corrected chi connectivity index (χ3v) is 7.22. The van der Waals surface area contributed by atoms with Gasteiger partial charge >= 0.3 is 0 Å². The van der Waals surface area contributed by atoms with Gasteiger partial charge in [0.2, 0.25) is 0 Å². The molecule has 184 valence electrons. The second-order valence-electron chi connectivity index (χ2n) is 9.98. The van der Waals surface area contributed by atoms with E-state index in [-0.39, 0.29) is 5.41 Å². The zero-order chi connectivity index (χ0) is 25.1. The Morgan fingerprint density at radius 1 is 0.556 bits per heavy atom. The molecule has 4 heteroatoms. The van der Waals surface area contributed by atoms with Crippen molar-refractivity contribution in [3.8, 4) is 23.0 Å². The number of benzene rings is 4. The fourth-order valence-corrected chi connectivity index (χ4v) is 5.38. The van der Waals surface area contributed by atoms with Crippen LogP contribution in [0.4, 0.5) is 11.4 Å². The highest BCUT2D eigenvalue weighted by Gasteiger charge is 2.40. The molecular formula is C32H34N2O2. The molecule has 4 aromatic rings. The van der Waals surface area contributed by atoms with Gasteiger partial charge in [-0.15, -0.1) is 0 Å². The number of hydrogen-bond donors (Lipinski definition) is 2. The van der Waals surface area contributed by atoms with Crippen molar-refractivity contribution in [2.75, 3.05) is 11.5 Å². The van der Waals surface area contributed by atoms with Crippen LogP contribution >= 0.6 is 0 Å².